The van der Waals surface area contributed by atoms with Crippen molar-refractivity contribution in [2.75, 3.05) is 13.2 Å². The van der Waals surface area contributed by atoms with Crippen LogP contribution in [0.3, 0.4) is 0 Å². The number of rotatable bonds is 8. The van der Waals surface area contributed by atoms with Crippen LogP contribution in [0, 0.1) is 10.1 Å². The number of hydrogen-bond acceptors (Lipinski definition) is 7. The summed E-state index contributed by atoms with van der Waals surface area (Å²) < 4.78 is 10.8. The van der Waals surface area contributed by atoms with Gasteiger partial charge in [-0.1, -0.05) is 23.7 Å². The van der Waals surface area contributed by atoms with E-state index in [0.29, 0.717) is 18.1 Å². The lowest BCUT2D eigenvalue weighted by Gasteiger charge is -2.10. The number of halogens is 1. The topological polar surface area (TPSA) is 123 Å². The van der Waals surface area contributed by atoms with Crippen LogP contribution in [-0.4, -0.2) is 35.4 Å². The molecule has 0 fully saturated rings. The Morgan fingerprint density at radius 3 is 2.63 bits per heavy atom. The van der Waals surface area contributed by atoms with E-state index in [9.17, 15) is 20.0 Å². The summed E-state index contributed by atoms with van der Waals surface area (Å²) in [6.07, 6.45) is 1.04. The minimum Gasteiger partial charge on any atom is -0.502 e. The number of phenols is 1. The number of ether oxygens (including phenoxy) is 2. The normalized spacial score (nSPS) is 10.6. The van der Waals surface area contributed by atoms with Gasteiger partial charge in [0, 0.05) is 16.7 Å². The van der Waals surface area contributed by atoms with E-state index in [-0.39, 0.29) is 17.2 Å². The summed E-state index contributed by atoms with van der Waals surface area (Å²) in [5.41, 5.74) is 1.61. The zero-order valence-electron chi connectivity index (χ0n) is 14.2. The fourth-order valence-corrected chi connectivity index (χ4v) is 2.26. The highest BCUT2D eigenvalue weighted by molar-refractivity contribution is 6.31. The molecule has 0 saturated carbocycles. The standard InChI is InChI=1S/C17H16ClN3O6/c1-2-26-14-5-3-4-6-15(14)27-10-16(22)20-19-9-11-7-12(18)8-13(17(11)23)21(24)25/h3-9,23H,2,10H2,1H3,(H,20,22)/b19-9-. The predicted octanol–water partition coefficient (Wildman–Crippen LogP) is 2.88. The number of carbonyl (C=O) groups is 1. The molecule has 9 nitrogen and oxygen atoms in total. The molecule has 2 rings (SSSR count). The molecule has 0 aliphatic heterocycles. The molecule has 142 valence electrons. The van der Waals surface area contributed by atoms with Crippen LogP contribution in [0.1, 0.15) is 12.5 Å². The molecule has 0 heterocycles. The molecule has 27 heavy (non-hydrogen) atoms. The first-order chi connectivity index (χ1) is 12.9. The van der Waals surface area contributed by atoms with E-state index in [0.717, 1.165) is 12.3 Å². The van der Waals surface area contributed by atoms with E-state index in [1.54, 1.807) is 24.3 Å². The molecule has 0 aliphatic rings. The third kappa shape index (κ3) is 5.58. The molecule has 0 saturated heterocycles. The van der Waals surface area contributed by atoms with Gasteiger partial charge >= 0.3 is 5.69 Å². The first-order valence-corrected chi connectivity index (χ1v) is 8.13. The molecule has 0 atom stereocenters. The smallest absolute Gasteiger partial charge is 0.312 e. The van der Waals surface area contributed by atoms with Crippen LogP contribution >= 0.6 is 11.6 Å². The lowest BCUT2D eigenvalue weighted by Crippen LogP contribution is -2.24. The second-order valence-corrected chi connectivity index (χ2v) is 5.52. The molecular formula is C17H16ClN3O6. The molecule has 0 spiro atoms. The molecule has 10 heteroatoms. The Balaban J connectivity index is 1.97. The van der Waals surface area contributed by atoms with Gasteiger partial charge in [0.25, 0.3) is 5.91 Å². The highest BCUT2D eigenvalue weighted by atomic mass is 35.5. The van der Waals surface area contributed by atoms with Gasteiger partial charge in [0.05, 0.1) is 17.7 Å². The molecule has 0 bridgehead atoms. The van der Waals surface area contributed by atoms with E-state index in [1.165, 1.54) is 6.07 Å². The number of hydrogen-bond donors (Lipinski definition) is 2. The van der Waals surface area contributed by atoms with Gasteiger partial charge in [0.2, 0.25) is 5.75 Å². The van der Waals surface area contributed by atoms with E-state index in [4.69, 9.17) is 21.1 Å². The molecule has 2 aromatic rings. The fraction of sp³-hybridized carbons (Fsp3) is 0.176. The Hall–Kier alpha value is -3.33. The highest BCUT2D eigenvalue weighted by Gasteiger charge is 2.17. The van der Waals surface area contributed by atoms with Crippen molar-refractivity contribution >= 4 is 29.4 Å². The van der Waals surface area contributed by atoms with Crippen molar-refractivity contribution in [1.82, 2.24) is 5.43 Å². The second-order valence-electron chi connectivity index (χ2n) is 5.08. The van der Waals surface area contributed by atoms with E-state index < -0.39 is 22.3 Å². The summed E-state index contributed by atoms with van der Waals surface area (Å²) >= 11 is 5.77. The van der Waals surface area contributed by atoms with Crippen molar-refractivity contribution in [1.29, 1.82) is 0 Å². The van der Waals surface area contributed by atoms with Gasteiger partial charge in [0.15, 0.2) is 18.1 Å². The maximum Gasteiger partial charge on any atom is 0.312 e. The number of carbonyl (C=O) groups excluding carboxylic acids is 1. The predicted molar refractivity (Wildman–Crippen MR) is 98.6 cm³/mol. The Kier molecular flexibility index (Phi) is 6.95. The number of nitro benzene ring substituents is 1. The van der Waals surface area contributed by atoms with E-state index in [1.807, 2.05) is 6.92 Å². The molecule has 1 amide bonds. The number of phenolic OH excluding ortho intramolecular Hbond substituents is 1. The molecule has 2 N–H and O–H groups in total. The van der Waals surface area contributed by atoms with E-state index in [2.05, 4.69) is 10.5 Å². The molecule has 0 aliphatic carbocycles. The van der Waals surface area contributed by atoms with Gasteiger partial charge < -0.3 is 14.6 Å². The SMILES string of the molecule is CCOc1ccccc1OCC(=O)N/N=C\c1cc(Cl)cc([N+](=O)[O-])c1O. The fourth-order valence-electron chi connectivity index (χ4n) is 2.04. The number of nitrogens with zero attached hydrogens (tertiary/aromatic N) is 2. The summed E-state index contributed by atoms with van der Waals surface area (Å²) in [5.74, 6) is -0.271. The summed E-state index contributed by atoms with van der Waals surface area (Å²) in [5, 5.41) is 24.4. The van der Waals surface area contributed by atoms with Crippen molar-refractivity contribution in [2.24, 2.45) is 5.10 Å². The van der Waals surface area contributed by atoms with Crippen LogP contribution < -0.4 is 14.9 Å². The first-order valence-electron chi connectivity index (χ1n) is 7.75. The Labute approximate surface area is 159 Å². The summed E-state index contributed by atoms with van der Waals surface area (Å²) in [7, 11) is 0. The van der Waals surface area contributed by atoms with Gasteiger partial charge in [-0.05, 0) is 25.1 Å². The Morgan fingerprint density at radius 1 is 1.33 bits per heavy atom. The minimum absolute atomic E-state index is 0.0166. The van der Waals surface area contributed by atoms with Crippen molar-refractivity contribution in [2.45, 2.75) is 6.92 Å². The lowest BCUT2D eigenvalue weighted by molar-refractivity contribution is -0.385. The zero-order chi connectivity index (χ0) is 19.8. The Morgan fingerprint density at radius 2 is 2.00 bits per heavy atom. The van der Waals surface area contributed by atoms with Gasteiger partial charge in [-0.25, -0.2) is 5.43 Å². The van der Waals surface area contributed by atoms with Crippen LogP contribution in [0.4, 0.5) is 5.69 Å². The number of benzene rings is 2. The monoisotopic (exact) mass is 393 g/mol. The minimum atomic E-state index is -0.777. The summed E-state index contributed by atoms with van der Waals surface area (Å²) in [4.78, 5) is 21.9. The van der Waals surface area contributed by atoms with Crippen LogP contribution in [0.5, 0.6) is 17.2 Å². The highest BCUT2D eigenvalue weighted by Crippen LogP contribution is 2.32. The second kappa shape index (κ2) is 9.39. The Bertz CT molecular complexity index is 872. The van der Waals surface area contributed by atoms with Crippen molar-refractivity contribution in [3.05, 3.63) is 57.1 Å². The number of hydrazone groups is 1. The summed E-state index contributed by atoms with van der Waals surface area (Å²) in [6.45, 7) is 1.95. The molecule has 0 aromatic heterocycles. The number of nitro groups is 1. The molecular weight excluding hydrogens is 378 g/mol. The van der Waals surface area contributed by atoms with Gasteiger partial charge in [-0.15, -0.1) is 0 Å². The maximum atomic E-state index is 11.8. The number of para-hydroxylation sites is 2. The number of amides is 1. The van der Waals surface area contributed by atoms with Crippen molar-refractivity contribution in [3.8, 4) is 17.2 Å². The third-order valence-corrected chi connectivity index (χ3v) is 3.40. The number of nitrogens with one attached hydrogen (secondary N) is 1. The summed E-state index contributed by atoms with van der Waals surface area (Å²) in [6, 6.07) is 9.17. The van der Waals surface area contributed by atoms with E-state index >= 15 is 0 Å². The van der Waals surface area contributed by atoms with Crippen LogP contribution in [0.15, 0.2) is 41.5 Å². The average Bonchev–Trinajstić information content (AvgIpc) is 2.63. The quantitative estimate of drug-likeness (QED) is 0.404. The third-order valence-electron chi connectivity index (χ3n) is 3.18. The van der Waals surface area contributed by atoms with Gasteiger partial charge in [-0.3, -0.25) is 14.9 Å². The van der Waals surface area contributed by atoms with Crippen LogP contribution in [-0.2, 0) is 4.79 Å². The zero-order valence-corrected chi connectivity index (χ0v) is 15.0. The molecule has 2 aromatic carbocycles. The van der Waals surface area contributed by atoms with Crippen molar-refractivity contribution in [3.63, 3.8) is 0 Å². The van der Waals surface area contributed by atoms with Gasteiger partial charge in [-0.2, -0.15) is 5.10 Å². The largest absolute Gasteiger partial charge is 0.502 e. The van der Waals surface area contributed by atoms with Crippen LogP contribution in [0.2, 0.25) is 5.02 Å². The molecule has 0 unspecified atom stereocenters. The van der Waals surface area contributed by atoms with Crippen LogP contribution in [0.25, 0.3) is 0 Å². The molecule has 0 radical (unpaired) electrons. The maximum absolute atomic E-state index is 11.8. The number of aromatic hydroxyl groups is 1. The van der Waals surface area contributed by atoms with Gasteiger partial charge in [0.1, 0.15) is 0 Å². The lowest BCUT2D eigenvalue weighted by atomic mass is 10.2. The average molecular weight is 394 g/mol. The first kappa shape index (κ1) is 20.0. The van der Waals surface area contributed by atoms with Crippen molar-refractivity contribution < 1.29 is 24.3 Å².